The van der Waals surface area contributed by atoms with Crippen molar-refractivity contribution in [2.45, 2.75) is 226 Å². The van der Waals surface area contributed by atoms with E-state index in [9.17, 15) is 14.4 Å². The molecule has 6 heteroatoms. The predicted octanol–water partition coefficient (Wildman–Crippen LogP) is 12.1. The maximum atomic E-state index is 12.5. The smallest absolute Gasteiger partial charge is 0.306 e. The van der Waals surface area contributed by atoms with Crippen molar-refractivity contribution in [3.63, 3.8) is 0 Å². The van der Waals surface area contributed by atoms with Crippen LogP contribution in [-0.4, -0.2) is 37.2 Å². The summed E-state index contributed by atoms with van der Waals surface area (Å²) >= 11 is 0. The lowest BCUT2D eigenvalue weighted by atomic mass is 10.1. The summed E-state index contributed by atoms with van der Waals surface area (Å²) in [7, 11) is 0. The van der Waals surface area contributed by atoms with Crippen LogP contribution in [0.4, 0.5) is 0 Å². The number of ether oxygens (including phenoxy) is 3. The minimum atomic E-state index is -0.755. The van der Waals surface area contributed by atoms with E-state index in [1.165, 1.54) is 122 Å². The molecule has 0 saturated carbocycles. The third-order valence-electron chi connectivity index (χ3n) is 8.86. The largest absolute Gasteiger partial charge is 0.462 e. The number of carbonyl (C=O) groups excluding carboxylic acids is 3. The van der Waals surface area contributed by atoms with Gasteiger partial charge in [-0.1, -0.05) is 181 Å². The van der Waals surface area contributed by atoms with E-state index in [-0.39, 0.29) is 31.1 Å². The molecule has 0 radical (unpaired) electrons. The van der Waals surface area contributed by atoms with Gasteiger partial charge in [0.15, 0.2) is 6.10 Å². The SMILES string of the molecule is CCCCCCCCCCCCCC(=O)OC[C@@H](COC(=O)CCCCCCCCCCCC)OC(=O)CCCCCCCCC. The third kappa shape index (κ3) is 33.8. The molecule has 6 nitrogen and oxygen atoms in total. The van der Waals surface area contributed by atoms with Crippen molar-refractivity contribution in [2.24, 2.45) is 0 Å². The van der Waals surface area contributed by atoms with Crippen LogP contribution >= 0.6 is 0 Å². The Morgan fingerprint density at radius 2 is 0.587 bits per heavy atom. The van der Waals surface area contributed by atoms with E-state index in [0.717, 1.165) is 57.8 Å². The molecule has 0 unspecified atom stereocenters. The molecule has 0 saturated heterocycles. The predicted molar refractivity (Wildman–Crippen MR) is 192 cm³/mol. The molecule has 0 aromatic carbocycles. The molecule has 272 valence electrons. The zero-order valence-corrected chi connectivity index (χ0v) is 30.9. The Labute approximate surface area is 285 Å². The Bertz CT molecular complexity index is 679. The van der Waals surface area contributed by atoms with Crippen molar-refractivity contribution in [3.05, 3.63) is 0 Å². The van der Waals surface area contributed by atoms with E-state index in [1.807, 2.05) is 0 Å². The van der Waals surface area contributed by atoms with Crippen LogP contribution in [0.1, 0.15) is 220 Å². The molecule has 0 spiro atoms. The monoisotopic (exact) mass is 653 g/mol. The summed E-state index contributed by atoms with van der Waals surface area (Å²) in [5, 5.41) is 0. The van der Waals surface area contributed by atoms with Gasteiger partial charge in [-0.3, -0.25) is 14.4 Å². The summed E-state index contributed by atoms with van der Waals surface area (Å²) in [6.07, 6.45) is 33.8. The van der Waals surface area contributed by atoms with Crippen LogP contribution in [0.25, 0.3) is 0 Å². The summed E-state index contributed by atoms with van der Waals surface area (Å²) < 4.78 is 16.6. The summed E-state index contributed by atoms with van der Waals surface area (Å²) in [5.74, 6) is -0.869. The van der Waals surface area contributed by atoms with Gasteiger partial charge in [-0.25, -0.2) is 0 Å². The van der Waals surface area contributed by atoms with Gasteiger partial charge in [-0.2, -0.15) is 0 Å². The summed E-state index contributed by atoms with van der Waals surface area (Å²) in [6.45, 7) is 6.57. The third-order valence-corrected chi connectivity index (χ3v) is 8.86. The Morgan fingerprint density at radius 3 is 0.870 bits per heavy atom. The summed E-state index contributed by atoms with van der Waals surface area (Å²) in [4.78, 5) is 37.3. The normalized spacial score (nSPS) is 11.8. The second kappa shape index (κ2) is 36.2. The summed E-state index contributed by atoms with van der Waals surface area (Å²) in [6, 6.07) is 0. The van der Waals surface area contributed by atoms with Crippen LogP contribution < -0.4 is 0 Å². The molecule has 0 amide bonds. The molecule has 0 heterocycles. The first-order chi connectivity index (χ1) is 22.5. The number of carbonyl (C=O) groups is 3. The zero-order valence-electron chi connectivity index (χ0n) is 30.9. The Kier molecular flexibility index (Phi) is 35.0. The molecule has 0 bridgehead atoms. The van der Waals surface area contributed by atoms with Crippen molar-refractivity contribution in [2.75, 3.05) is 13.2 Å². The first-order valence-electron chi connectivity index (χ1n) is 20.0. The quantitative estimate of drug-likeness (QED) is 0.0381. The molecule has 0 fully saturated rings. The molecule has 0 N–H and O–H groups in total. The Hall–Kier alpha value is -1.59. The van der Waals surface area contributed by atoms with E-state index in [2.05, 4.69) is 20.8 Å². The van der Waals surface area contributed by atoms with E-state index in [0.29, 0.717) is 19.3 Å². The number of hydrogen-bond donors (Lipinski definition) is 0. The lowest BCUT2D eigenvalue weighted by Gasteiger charge is -2.18. The Balaban J connectivity index is 4.29. The van der Waals surface area contributed by atoms with Crippen LogP contribution in [0.3, 0.4) is 0 Å². The summed E-state index contributed by atoms with van der Waals surface area (Å²) in [5.41, 5.74) is 0. The minimum Gasteiger partial charge on any atom is -0.462 e. The molecule has 0 aliphatic heterocycles. The lowest BCUT2D eigenvalue weighted by molar-refractivity contribution is -0.167. The maximum Gasteiger partial charge on any atom is 0.306 e. The van der Waals surface area contributed by atoms with Crippen LogP contribution in [0, 0.1) is 0 Å². The van der Waals surface area contributed by atoms with E-state index in [1.54, 1.807) is 0 Å². The van der Waals surface area contributed by atoms with Crippen molar-refractivity contribution in [3.8, 4) is 0 Å². The molecule has 1 atom stereocenters. The first-order valence-corrected chi connectivity index (χ1v) is 20.0. The Morgan fingerprint density at radius 1 is 0.348 bits per heavy atom. The molecule has 0 aromatic rings. The van der Waals surface area contributed by atoms with Gasteiger partial charge in [-0.05, 0) is 19.3 Å². The average Bonchev–Trinajstić information content (AvgIpc) is 3.05. The number of esters is 3. The molecular weight excluding hydrogens is 576 g/mol. The van der Waals surface area contributed by atoms with Gasteiger partial charge in [0.1, 0.15) is 13.2 Å². The highest BCUT2D eigenvalue weighted by Crippen LogP contribution is 2.14. The van der Waals surface area contributed by atoms with Crippen LogP contribution in [0.2, 0.25) is 0 Å². The molecule has 46 heavy (non-hydrogen) atoms. The lowest BCUT2D eigenvalue weighted by Crippen LogP contribution is -2.30. The van der Waals surface area contributed by atoms with Crippen molar-refractivity contribution in [1.82, 2.24) is 0 Å². The van der Waals surface area contributed by atoms with Crippen LogP contribution in [0.5, 0.6) is 0 Å². The average molecular weight is 653 g/mol. The van der Waals surface area contributed by atoms with Crippen molar-refractivity contribution < 1.29 is 28.6 Å². The zero-order chi connectivity index (χ0) is 33.8. The van der Waals surface area contributed by atoms with Gasteiger partial charge in [0.05, 0.1) is 0 Å². The van der Waals surface area contributed by atoms with Crippen molar-refractivity contribution >= 4 is 17.9 Å². The highest BCUT2D eigenvalue weighted by Gasteiger charge is 2.19. The van der Waals surface area contributed by atoms with Gasteiger partial charge in [0, 0.05) is 19.3 Å². The molecule has 0 aliphatic rings. The number of hydrogen-bond acceptors (Lipinski definition) is 6. The van der Waals surface area contributed by atoms with E-state index in [4.69, 9.17) is 14.2 Å². The highest BCUT2D eigenvalue weighted by molar-refractivity contribution is 5.71. The number of unbranched alkanes of at least 4 members (excludes halogenated alkanes) is 25. The first kappa shape index (κ1) is 44.4. The fraction of sp³-hybridized carbons (Fsp3) is 0.925. The van der Waals surface area contributed by atoms with E-state index >= 15 is 0 Å². The fourth-order valence-electron chi connectivity index (χ4n) is 5.79. The van der Waals surface area contributed by atoms with Gasteiger partial charge >= 0.3 is 17.9 Å². The van der Waals surface area contributed by atoms with Crippen LogP contribution in [-0.2, 0) is 28.6 Å². The maximum absolute atomic E-state index is 12.5. The second-order valence-electron chi connectivity index (χ2n) is 13.6. The topological polar surface area (TPSA) is 78.9 Å². The van der Waals surface area contributed by atoms with Gasteiger partial charge in [0.2, 0.25) is 0 Å². The number of rotatable bonds is 36. The fourth-order valence-corrected chi connectivity index (χ4v) is 5.79. The van der Waals surface area contributed by atoms with E-state index < -0.39 is 6.10 Å². The standard InChI is InChI=1S/C40H76O6/c1-4-7-10-13-16-18-20-22-25-27-30-33-39(42)45-36-37(46-40(43)34-31-28-23-15-12-9-6-3)35-44-38(41)32-29-26-24-21-19-17-14-11-8-5-2/h37H,4-36H2,1-3H3/t37-/m1/s1. The highest BCUT2D eigenvalue weighted by atomic mass is 16.6. The van der Waals surface area contributed by atoms with Crippen LogP contribution in [0.15, 0.2) is 0 Å². The molecule has 0 rings (SSSR count). The van der Waals surface area contributed by atoms with Gasteiger partial charge in [0.25, 0.3) is 0 Å². The van der Waals surface area contributed by atoms with Gasteiger partial charge in [-0.15, -0.1) is 0 Å². The van der Waals surface area contributed by atoms with Gasteiger partial charge < -0.3 is 14.2 Å². The minimum absolute atomic E-state index is 0.0643. The second-order valence-corrected chi connectivity index (χ2v) is 13.6. The van der Waals surface area contributed by atoms with Crippen molar-refractivity contribution in [1.29, 1.82) is 0 Å². The molecule has 0 aliphatic carbocycles. The molecule has 0 aromatic heterocycles. The molecular formula is C40H76O6.